The summed E-state index contributed by atoms with van der Waals surface area (Å²) in [5.74, 6) is -0.0727. The lowest BCUT2D eigenvalue weighted by Gasteiger charge is -2.30. The van der Waals surface area contributed by atoms with E-state index in [1.54, 1.807) is 11.0 Å². The van der Waals surface area contributed by atoms with Gasteiger partial charge in [0.2, 0.25) is 0 Å². The average molecular weight is 443 g/mol. The van der Waals surface area contributed by atoms with Crippen molar-refractivity contribution in [2.45, 2.75) is 26.7 Å². The maximum atomic E-state index is 13.3. The molecular weight excluding hydrogens is 412 g/mol. The molecule has 5 heterocycles. The Morgan fingerprint density at radius 1 is 1.06 bits per heavy atom. The minimum absolute atomic E-state index is 0.0727. The Labute approximate surface area is 194 Å². The first kappa shape index (κ1) is 21.4. The van der Waals surface area contributed by atoms with Crippen LogP contribution in [0.4, 0.5) is 0 Å². The second kappa shape index (κ2) is 8.83. The summed E-state index contributed by atoms with van der Waals surface area (Å²) in [6, 6.07) is 2.02. The molecule has 170 valence electrons. The second-order valence-corrected chi connectivity index (χ2v) is 8.83. The third-order valence-corrected chi connectivity index (χ3v) is 6.39. The van der Waals surface area contributed by atoms with Gasteiger partial charge in [0.05, 0.1) is 34.5 Å². The molecule has 1 amide bonds. The van der Waals surface area contributed by atoms with Crippen LogP contribution in [0.5, 0.6) is 0 Å². The molecule has 0 radical (unpaired) electrons. The highest BCUT2D eigenvalue weighted by Gasteiger charge is 2.22. The van der Waals surface area contributed by atoms with Gasteiger partial charge in [-0.2, -0.15) is 5.10 Å². The number of rotatable bonds is 3. The van der Waals surface area contributed by atoms with Gasteiger partial charge in [0, 0.05) is 43.2 Å². The van der Waals surface area contributed by atoms with Gasteiger partial charge in [0.25, 0.3) is 5.91 Å². The summed E-state index contributed by atoms with van der Waals surface area (Å²) >= 11 is 0. The van der Waals surface area contributed by atoms with Crippen molar-refractivity contribution in [2.24, 2.45) is 0 Å². The highest BCUT2D eigenvalue weighted by molar-refractivity contribution is 5.99. The van der Waals surface area contributed by atoms with E-state index in [4.69, 9.17) is 5.10 Å². The van der Waals surface area contributed by atoms with Crippen LogP contribution in [-0.2, 0) is 11.2 Å². The van der Waals surface area contributed by atoms with Gasteiger partial charge < -0.3 is 9.80 Å². The Morgan fingerprint density at radius 2 is 1.91 bits per heavy atom. The number of hydrogen-bond donors (Lipinski definition) is 0. The molecule has 0 unspecified atom stereocenters. The molecule has 1 fully saturated rings. The van der Waals surface area contributed by atoms with Crippen molar-refractivity contribution < 1.29 is 4.79 Å². The van der Waals surface area contributed by atoms with Crippen LogP contribution in [-0.4, -0.2) is 68.4 Å². The van der Waals surface area contributed by atoms with E-state index in [0.29, 0.717) is 0 Å². The summed E-state index contributed by atoms with van der Waals surface area (Å²) in [5.41, 5.74) is 6.42. The molecule has 0 aliphatic carbocycles. The zero-order valence-electron chi connectivity index (χ0n) is 19.5. The van der Waals surface area contributed by atoms with Crippen molar-refractivity contribution in [2.75, 3.05) is 33.2 Å². The second-order valence-electron chi connectivity index (χ2n) is 8.83. The van der Waals surface area contributed by atoms with E-state index < -0.39 is 0 Å². The zero-order valence-corrected chi connectivity index (χ0v) is 19.5. The van der Waals surface area contributed by atoms with Gasteiger partial charge in [0.1, 0.15) is 0 Å². The van der Waals surface area contributed by atoms with Crippen LogP contribution in [0.3, 0.4) is 0 Å². The lowest BCUT2D eigenvalue weighted by Crippen LogP contribution is -2.32. The summed E-state index contributed by atoms with van der Waals surface area (Å²) < 4.78 is 1.87. The van der Waals surface area contributed by atoms with Crippen LogP contribution in [0.15, 0.2) is 66.3 Å². The quantitative estimate of drug-likeness (QED) is 0.730. The van der Waals surface area contributed by atoms with Crippen molar-refractivity contribution in [1.82, 2.24) is 29.3 Å². The van der Waals surface area contributed by atoms with E-state index >= 15 is 0 Å². The van der Waals surface area contributed by atoms with Crippen molar-refractivity contribution in [3.63, 3.8) is 0 Å². The normalized spacial score (nSPS) is 21.2. The molecule has 1 saturated heterocycles. The molecule has 0 atom stereocenters. The first-order valence-electron chi connectivity index (χ1n) is 11.6. The Morgan fingerprint density at radius 3 is 2.76 bits per heavy atom. The predicted octanol–water partition coefficient (Wildman–Crippen LogP) is 3.31. The molecule has 2 aromatic heterocycles. The van der Waals surface area contributed by atoms with Crippen LogP contribution < -0.4 is 0 Å². The number of allylic oxidation sites excluding steroid dienone is 6. The number of aryl methyl sites for hydroxylation is 2. The van der Waals surface area contributed by atoms with Crippen LogP contribution in [0.2, 0.25) is 0 Å². The molecule has 7 nitrogen and oxygen atoms in total. The van der Waals surface area contributed by atoms with Crippen LogP contribution in [0.1, 0.15) is 30.4 Å². The van der Waals surface area contributed by atoms with Crippen LogP contribution in [0, 0.1) is 6.92 Å². The SMILES string of the molecule is CCc1nc(C)cn2nc(C3=CC(=O)N4C=C(N5CCCN(C)CC5)C=C/C4=C\C=C3)cc12. The van der Waals surface area contributed by atoms with Gasteiger partial charge in [-0.25, -0.2) is 4.52 Å². The maximum Gasteiger partial charge on any atom is 0.255 e. The van der Waals surface area contributed by atoms with E-state index in [1.165, 1.54) is 0 Å². The number of amides is 1. The van der Waals surface area contributed by atoms with Gasteiger partial charge in [-0.15, -0.1) is 0 Å². The summed E-state index contributed by atoms with van der Waals surface area (Å²) in [7, 11) is 2.16. The lowest BCUT2D eigenvalue weighted by molar-refractivity contribution is -0.122. The van der Waals surface area contributed by atoms with Crippen molar-refractivity contribution in [3.05, 3.63) is 83.4 Å². The van der Waals surface area contributed by atoms with Gasteiger partial charge in [-0.3, -0.25) is 14.7 Å². The smallest absolute Gasteiger partial charge is 0.255 e. The monoisotopic (exact) mass is 442 g/mol. The molecule has 0 bridgehead atoms. The number of aromatic nitrogens is 3. The Hall–Kier alpha value is -3.45. The van der Waals surface area contributed by atoms with Gasteiger partial charge in [-0.1, -0.05) is 19.1 Å². The molecule has 0 aromatic carbocycles. The number of nitrogens with zero attached hydrogens (tertiary/aromatic N) is 6. The third-order valence-electron chi connectivity index (χ3n) is 6.39. The number of carbonyl (C=O) groups is 1. The largest absolute Gasteiger partial charge is 0.369 e. The fourth-order valence-electron chi connectivity index (χ4n) is 4.57. The minimum atomic E-state index is -0.0727. The minimum Gasteiger partial charge on any atom is -0.369 e. The van der Waals surface area contributed by atoms with Crippen molar-refractivity contribution in [1.29, 1.82) is 0 Å². The molecule has 0 spiro atoms. The van der Waals surface area contributed by atoms with Crippen molar-refractivity contribution >= 4 is 17.0 Å². The van der Waals surface area contributed by atoms with Crippen LogP contribution in [0.25, 0.3) is 11.1 Å². The van der Waals surface area contributed by atoms with E-state index in [-0.39, 0.29) is 5.91 Å². The molecule has 0 saturated carbocycles. The Bertz CT molecular complexity index is 1240. The first-order chi connectivity index (χ1) is 16.0. The summed E-state index contributed by atoms with van der Waals surface area (Å²) in [6.07, 6.45) is 17.6. The van der Waals surface area contributed by atoms with Gasteiger partial charge in [-0.05, 0) is 57.7 Å². The Balaban J connectivity index is 1.47. The average Bonchev–Trinajstić information content (AvgIpc) is 3.10. The molecule has 0 N–H and O–H groups in total. The van der Waals surface area contributed by atoms with E-state index in [9.17, 15) is 4.79 Å². The fourth-order valence-corrected chi connectivity index (χ4v) is 4.57. The third kappa shape index (κ3) is 4.28. The van der Waals surface area contributed by atoms with E-state index in [2.05, 4.69) is 34.8 Å². The molecular formula is C26H30N6O. The van der Waals surface area contributed by atoms with Gasteiger partial charge >= 0.3 is 0 Å². The highest BCUT2D eigenvalue weighted by atomic mass is 16.2. The number of carbonyl (C=O) groups excluding carboxylic acids is 1. The van der Waals surface area contributed by atoms with E-state index in [0.717, 1.165) is 78.6 Å². The summed E-state index contributed by atoms with van der Waals surface area (Å²) in [4.78, 5) is 24.5. The maximum absolute atomic E-state index is 13.3. The Kier molecular flexibility index (Phi) is 5.72. The van der Waals surface area contributed by atoms with Gasteiger partial charge in [0.15, 0.2) is 0 Å². The molecule has 33 heavy (non-hydrogen) atoms. The predicted molar refractivity (Wildman–Crippen MR) is 130 cm³/mol. The molecule has 3 aliphatic rings. The molecule has 7 heteroatoms. The first-order valence-corrected chi connectivity index (χ1v) is 11.6. The van der Waals surface area contributed by atoms with Crippen LogP contribution >= 0.6 is 0 Å². The standard InChI is InChI=1S/C26H30N6O/c1-4-23-25-16-24(28-32(25)17-19(2)27-23)20-7-5-8-21-9-10-22(18-31(21)26(33)15-20)30-12-6-11-29(3)13-14-30/h5,7-10,15-18H,4,6,11-14H2,1-3H3/b7-5?,20-15?,21-8+. The number of likely N-dealkylation sites (N-methyl/N-ethyl adjacent to an activating group) is 1. The lowest BCUT2D eigenvalue weighted by atomic mass is 10.1. The number of fused-ring (bicyclic) bond motifs is 2. The summed E-state index contributed by atoms with van der Waals surface area (Å²) in [5, 5.41) is 4.75. The van der Waals surface area contributed by atoms with E-state index in [1.807, 2.05) is 54.2 Å². The highest BCUT2D eigenvalue weighted by Crippen LogP contribution is 2.26. The van der Waals surface area contributed by atoms with Crippen molar-refractivity contribution in [3.8, 4) is 0 Å². The zero-order chi connectivity index (χ0) is 22.9. The summed E-state index contributed by atoms with van der Waals surface area (Å²) in [6.45, 7) is 8.15. The molecule has 2 aromatic rings. The topological polar surface area (TPSA) is 57.0 Å². The molecule has 3 aliphatic heterocycles. The molecule has 5 rings (SSSR count). The number of hydrogen-bond acceptors (Lipinski definition) is 5. The fraction of sp³-hybridized carbons (Fsp3) is 0.346.